The summed E-state index contributed by atoms with van der Waals surface area (Å²) in [5, 5.41) is 15.9. The number of carboxylic acids is 1. The van der Waals surface area contributed by atoms with E-state index in [1.54, 1.807) is 6.20 Å². The van der Waals surface area contributed by atoms with Crippen LogP contribution in [0.25, 0.3) is 10.9 Å². The number of aromatic nitrogens is 1. The van der Waals surface area contributed by atoms with E-state index in [4.69, 9.17) is 17.2 Å². The van der Waals surface area contributed by atoms with Gasteiger partial charge in [0.15, 0.2) is 5.96 Å². The summed E-state index contributed by atoms with van der Waals surface area (Å²) in [6.45, 7) is 0.708. The van der Waals surface area contributed by atoms with Gasteiger partial charge < -0.3 is 42.8 Å². The van der Waals surface area contributed by atoms with Crippen LogP contribution in [0.2, 0.25) is 0 Å². The SMILES string of the molecule is CSCCC(NC(=O)C(Cc1c[nH]c2ccccc12)NC(=O)C1CCCN1C(=O)C(N)CCCN=C(N)N)C(=O)O. The summed E-state index contributed by atoms with van der Waals surface area (Å²) < 4.78 is 0. The summed E-state index contributed by atoms with van der Waals surface area (Å²) in [5.41, 5.74) is 18.5. The van der Waals surface area contributed by atoms with E-state index in [0.717, 1.165) is 16.5 Å². The number of guanidine groups is 1. The van der Waals surface area contributed by atoms with Gasteiger partial charge in [-0.3, -0.25) is 19.4 Å². The molecular formula is C27H40N8O5S. The molecular weight excluding hydrogens is 548 g/mol. The van der Waals surface area contributed by atoms with E-state index in [0.29, 0.717) is 44.5 Å². The Morgan fingerprint density at radius 3 is 2.63 bits per heavy atom. The number of hydrogen-bond donors (Lipinski definition) is 7. The number of nitrogens with two attached hydrogens (primary N) is 3. The lowest BCUT2D eigenvalue weighted by molar-refractivity contribution is -0.143. The fourth-order valence-electron chi connectivity index (χ4n) is 4.92. The van der Waals surface area contributed by atoms with Crippen LogP contribution in [0.5, 0.6) is 0 Å². The highest BCUT2D eigenvalue weighted by molar-refractivity contribution is 7.98. The zero-order chi connectivity index (χ0) is 29.9. The molecule has 1 aliphatic rings. The molecule has 3 rings (SSSR count). The molecule has 13 nitrogen and oxygen atoms in total. The summed E-state index contributed by atoms with van der Waals surface area (Å²) in [7, 11) is 0. The van der Waals surface area contributed by atoms with Crippen molar-refractivity contribution in [3.05, 3.63) is 36.0 Å². The van der Waals surface area contributed by atoms with Gasteiger partial charge in [-0.2, -0.15) is 11.8 Å². The molecule has 0 aliphatic carbocycles. The van der Waals surface area contributed by atoms with Crippen LogP contribution in [0, 0.1) is 0 Å². The van der Waals surface area contributed by atoms with Gasteiger partial charge in [-0.05, 0) is 55.7 Å². The van der Waals surface area contributed by atoms with Gasteiger partial charge >= 0.3 is 5.97 Å². The van der Waals surface area contributed by atoms with Crippen molar-refractivity contribution in [2.24, 2.45) is 22.2 Å². The summed E-state index contributed by atoms with van der Waals surface area (Å²) >= 11 is 1.47. The van der Waals surface area contributed by atoms with Crippen molar-refractivity contribution >= 4 is 52.3 Å². The fraction of sp³-hybridized carbons (Fsp3) is 0.519. The van der Waals surface area contributed by atoms with Gasteiger partial charge in [0.1, 0.15) is 18.1 Å². The number of carbonyl (C=O) groups excluding carboxylic acids is 3. The third-order valence-corrected chi connectivity index (χ3v) is 7.72. The van der Waals surface area contributed by atoms with Gasteiger partial charge in [0.25, 0.3) is 0 Å². The number of rotatable bonds is 15. The molecule has 10 N–H and O–H groups in total. The number of hydrogen-bond acceptors (Lipinski definition) is 7. The second-order valence-electron chi connectivity index (χ2n) is 10.1. The molecule has 1 aromatic heterocycles. The number of aliphatic carboxylic acids is 1. The number of para-hydroxylation sites is 1. The lowest BCUT2D eigenvalue weighted by Crippen LogP contribution is -2.57. The van der Waals surface area contributed by atoms with Crippen LogP contribution in [0.1, 0.15) is 37.7 Å². The Hall–Kier alpha value is -3.78. The largest absolute Gasteiger partial charge is 0.480 e. The topological polar surface area (TPSA) is 222 Å². The van der Waals surface area contributed by atoms with E-state index in [1.165, 1.54) is 16.7 Å². The average molecular weight is 589 g/mol. The third-order valence-electron chi connectivity index (χ3n) is 7.08. The summed E-state index contributed by atoms with van der Waals surface area (Å²) in [6, 6.07) is 3.78. The van der Waals surface area contributed by atoms with Gasteiger partial charge in [-0.25, -0.2) is 4.79 Å². The number of H-pyrrole nitrogens is 1. The van der Waals surface area contributed by atoms with Crippen molar-refractivity contribution in [1.29, 1.82) is 0 Å². The summed E-state index contributed by atoms with van der Waals surface area (Å²) in [5.74, 6) is -2.09. The molecule has 0 radical (unpaired) electrons. The van der Waals surface area contributed by atoms with E-state index in [2.05, 4.69) is 20.6 Å². The Morgan fingerprint density at radius 1 is 1.17 bits per heavy atom. The Labute approximate surface area is 243 Å². The Kier molecular flexibility index (Phi) is 11.8. The monoisotopic (exact) mass is 588 g/mol. The highest BCUT2D eigenvalue weighted by Gasteiger charge is 2.38. The lowest BCUT2D eigenvalue weighted by atomic mass is 10.0. The first kappa shape index (κ1) is 31.7. The predicted octanol–water partition coefficient (Wildman–Crippen LogP) is -0.110. The van der Waals surface area contributed by atoms with Crippen molar-refractivity contribution in [1.82, 2.24) is 20.5 Å². The first-order valence-electron chi connectivity index (χ1n) is 13.6. The van der Waals surface area contributed by atoms with Crippen LogP contribution in [0.3, 0.4) is 0 Å². The first-order chi connectivity index (χ1) is 19.6. The highest BCUT2D eigenvalue weighted by Crippen LogP contribution is 2.22. The standard InChI is InChI=1S/C27H40N8O5S/c1-41-13-10-20(26(39)40)33-23(36)21(14-16-15-32-19-8-3-2-6-17(16)19)34-24(37)22-9-5-12-35(22)25(38)18(28)7-4-11-31-27(29)30/h2-3,6,8,15,18,20-22,32H,4-5,7,9-14,28H2,1H3,(H,33,36)(H,34,37)(H,39,40)(H4,29,30,31). The number of nitrogens with one attached hydrogen (secondary N) is 3. The molecule has 1 aromatic carbocycles. The Balaban J connectivity index is 1.75. The van der Waals surface area contributed by atoms with Crippen molar-refractivity contribution in [3.8, 4) is 0 Å². The Morgan fingerprint density at radius 2 is 1.93 bits per heavy atom. The molecule has 41 heavy (non-hydrogen) atoms. The van der Waals surface area contributed by atoms with Crippen LogP contribution in [-0.2, 0) is 25.6 Å². The molecule has 224 valence electrons. The van der Waals surface area contributed by atoms with E-state index >= 15 is 0 Å². The van der Waals surface area contributed by atoms with Crippen molar-refractivity contribution < 1.29 is 24.3 Å². The minimum absolute atomic E-state index is 0.0358. The molecule has 4 atom stereocenters. The van der Waals surface area contributed by atoms with Gasteiger partial charge in [0.05, 0.1) is 6.04 Å². The zero-order valence-electron chi connectivity index (χ0n) is 23.2. The van der Waals surface area contributed by atoms with Gasteiger partial charge in [-0.15, -0.1) is 0 Å². The molecule has 0 bridgehead atoms. The predicted molar refractivity (Wildman–Crippen MR) is 159 cm³/mol. The average Bonchev–Trinajstić information content (AvgIpc) is 3.60. The number of aliphatic imine (C=N–C) groups is 1. The Bertz CT molecular complexity index is 1250. The number of nitrogens with zero attached hydrogens (tertiary/aromatic N) is 2. The number of likely N-dealkylation sites (tertiary alicyclic amines) is 1. The smallest absolute Gasteiger partial charge is 0.326 e. The molecule has 3 amide bonds. The molecule has 1 fully saturated rings. The fourth-order valence-corrected chi connectivity index (χ4v) is 5.39. The maximum atomic E-state index is 13.5. The highest BCUT2D eigenvalue weighted by atomic mass is 32.2. The van der Waals surface area contributed by atoms with Gasteiger partial charge in [-0.1, -0.05) is 18.2 Å². The van der Waals surface area contributed by atoms with Crippen molar-refractivity contribution in [2.75, 3.05) is 25.1 Å². The normalized spacial score (nSPS) is 17.0. The minimum atomic E-state index is -1.15. The number of benzene rings is 1. The molecule has 2 heterocycles. The quantitative estimate of drug-likeness (QED) is 0.0836. The number of carbonyl (C=O) groups is 4. The molecule has 1 aliphatic heterocycles. The molecule has 0 saturated carbocycles. The van der Waals surface area contributed by atoms with Gasteiger partial charge in [0, 0.05) is 36.6 Å². The number of aromatic amines is 1. The number of fused-ring (bicyclic) bond motifs is 1. The maximum absolute atomic E-state index is 13.5. The van der Waals surface area contributed by atoms with Crippen LogP contribution < -0.4 is 27.8 Å². The number of thioether (sulfide) groups is 1. The molecule has 4 unspecified atom stereocenters. The van der Waals surface area contributed by atoms with E-state index in [1.807, 2.05) is 30.5 Å². The lowest BCUT2D eigenvalue weighted by Gasteiger charge is -2.28. The second-order valence-corrected chi connectivity index (χ2v) is 11.0. The summed E-state index contributed by atoms with van der Waals surface area (Å²) in [6.07, 6.45) is 5.87. The zero-order valence-corrected chi connectivity index (χ0v) is 24.0. The van der Waals surface area contributed by atoms with Crippen LogP contribution in [-0.4, -0.2) is 93.9 Å². The number of amides is 3. The first-order valence-corrected chi connectivity index (χ1v) is 15.0. The van der Waals surface area contributed by atoms with E-state index in [-0.39, 0.29) is 24.7 Å². The molecule has 14 heteroatoms. The molecule has 2 aromatic rings. The van der Waals surface area contributed by atoms with E-state index < -0.39 is 42.0 Å². The molecule has 1 saturated heterocycles. The van der Waals surface area contributed by atoms with Gasteiger partial charge in [0.2, 0.25) is 17.7 Å². The van der Waals surface area contributed by atoms with Crippen molar-refractivity contribution in [2.45, 2.75) is 62.7 Å². The van der Waals surface area contributed by atoms with Crippen molar-refractivity contribution in [3.63, 3.8) is 0 Å². The summed E-state index contributed by atoms with van der Waals surface area (Å²) in [4.78, 5) is 60.4. The number of carboxylic acid groups (broad SMARTS) is 1. The second kappa shape index (κ2) is 15.3. The van der Waals surface area contributed by atoms with E-state index in [9.17, 15) is 24.3 Å². The molecule has 0 spiro atoms. The third kappa shape index (κ3) is 8.85. The maximum Gasteiger partial charge on any atom is 0.326 e. The van der Waals surface area contributed by atoms with Crippen LogP contribution in [0.4, 0.5) is 0 Å². The minimum Gasteiger partial charge on any atom is -0.480 e. The van der Waals surface area contributed by atoms with Crippen LogP contribution in [0.15, 0.2) is 35.5 Å². The van der Waals surface area contributed by atoms with Crippen LogP contribution >= 0.6 is 11.8 Å².